The minimum absolute atomic E-state index is 0.0837. The summed E-state index contributed by atoms with van der Waals surface area (Å²) in [6.45, 7) is 3.58. The van der Waals surface area contributed by atoms with Crippen molar-refractivity contribution in [1.82, 2.24) is 0 Å². The number of benzene rings is 3. The third-order valence-corrected chi connectivity index (χ3v) is 5.11. The van der Waals surface area contributed by atoms with Crippen molar-refractivity contribution in [3.05, 3.63) is 92.2 Å². The van der Waals surface area contributed by atoms with Crippen molar-refractivity contribution in [2.45, 2.75) is 20.3 Å². The maximum absolute atomic E-state index is 15.1. The van der Waals surface area contributed by atoms with Crippen LogP contribution in [0.3, 0.4) is 0 Å². The molecule has 0 aromatic heterocycles. The van der Waals surface area contributed by atoms with Crippen LogP contribution in [-0.4, -0.2) is 18.1 Å². The Labute approximate surface area is 194 Å². The van der Waals surface area contributed by atoms with Crippen LogP contribution in [0.2, 0.25) is 10.0 Å². The minimum Gasteiger partial charge on any atom is -0.453 e. The van der Waals surface area contributed by atoms with Gasteiger partial charge >= 0.3 is 5.90 Å². The summed E-state index contributed by atoms with van der Waals surface area (Å²) in [6.07, 6.45) is 0.608. The molecule has 32 heavy (non-hydrogen) atoms. The van der Waals surface area contributed by atoms with Gasteiger partial charge in [0.2, 0.25) is 5.90 Å². The van der Waals surface area contributed by atoms with Crippen LogP contribution in [-0.2, 0) is 11.2 Å². The fraction of sp³-hybridized carbons (Fsp3) is 0.125. The number of nitrogens with one attached hydrogen (secondary N) is 1. The zero-order valence-electron chi connectivity index (χ0n) is 17.3. The molecule has 0 bridgehead atoms. The van der Waals surface area contributed by atoms with Gasteiger partial charge in [0.25, 0.3) is 0 Å². The molecular formula is C24H20Cl2FN2O3+. The molecule has 3 aromatic carbocycles. The first kappa shape index (κ1) is 23.4. The molecule has 8 heteroatoms. The Morgan fingerprint density at radius 3 is 2.53 bits per heavy atom. The predicted molar refractivity (Wildman–Crippen MR) is 123 cm³/mol. The SMILES string of the molecule is Cc1cc(Cl)cc(Oc2c(Cl)ccc(CC(=[NH2+])OC(=N)c3ccc(C=O)cc3C)c2F)c1. The van der Waals surface area contributed by atoms with Gasteiger partial charge in [-0.05, 0) is 61.4 Å². The second-order valence-electron chi connectivity index (χ2n) is 7.18. The van der Waals surface area contributed by atoms with Gasteiger partial charge in [-0.1, -0.05) is 35.3 Å². The summed E-state index contributed by atoms with van der Waals surface area (Å²) in [7, 11) is 0. The first-order chi connectivity index (χ1) is 15.2. The van der Waals surface area contributed by atoms with Crippen molar-refractivity contribution in [2.24, 2.45) is 0 Å². The fourth-order valence-electron chi connectivity index (χ4n) is 3.11. The van der Waals surface area contributed by atoms with Crippen molar-refractivity contribution >= 4 is 41.3 Å². The summed E-state index contributed by atoms with van der Waals surface area (Å²) in [4.78, 5) is 10.9. The largest absolute Gasteiger partial charge is 0.453 e. The molecule has 164 valence electrons. The Kier molecular flexibility index (Phi) is 7.28. The zero-order chi connectivity index (χ0) is 23.4. The average Bonchev–Trinajstić information content (AvgIpc) is 2.72. The van der Waals surface area contributed by atoms with E-state index in [4.69, 9.17) is 43.5 Å². The van der Waals surface area contributed by atoms with Crippen LogP contribution < -0.4 is 10.1 Å². The maximum atomic E-state index is 15.1. The maximum Gasteiger partial charge on any atom is 0.344 e. The summed E-state index contributed by atoms with van der Waals surface area (Å²) < 4.78 is 26.2. The van der Waals surface area contributed by atoms with Crippen LogP contribution in [0.15, 0.2) is 48.5 Å². The minimum atomic E-state index is -0.695. The highest BCUT2D eigenvalue weighted by Gasteiger charge is 2.20. The van der Waals surface area contributed by atoms with Gasteiger partial charge in [0, 0.05) is 21.7 Å². The highest BCUT2D eigenvalue weighted by molar-refractivity contribution is 6.32. The second-order valence-corrected chi connectivity index (χ2v) is 8.03. The van der Waals surface area contributed by atoms with Crippen LogP contribution >= 0.6 is 23.2 Å². The van der Waals surface area contributed by atoms with Crippen molar-refractivity contribution in [3.8, 4) is 11.5 Å². The molecule has 3 N–H and O–H groups in total. The van der Waals surface area contributed by atoms with Gasteiger partial charge in [0.15, 0.2) is 11.6 Å². The monoisotopic (exact) mass is 473 g/mol. The van der Waals surface area contributed by atoms with Gasteiger partial charge in [-0.25, -0.2) is 9.80 Å². The standard InChI is InChI=1S/C24H19Cl2FN2O3/c1-13-7-17(25)11-18(8-13)31-23-20(26)6-4-16(22(23)27)10-21(28)32-24(29)19-5-3-15(12-30)9-14(19)2/h3-9,11-12,28-29H,10H2,1-2H3/p+1. The van der Waals surface area contributed by atoms with Crippen LogP contribution in [0.25, 0.3) is 0 Å². The lowest BCUT2D eigenvalue weighted by atomic mass is 10.1. The number of rotatable bonds is 6. The van der Waals surface area contributed by atoms with E-state index < -0.39 is 5.82 Å². The van der Waals surface area contributed by atoms with Gasteiger partial charge in [-0.3, -0.25) is 10.2 Å². The number of carbonyl (C=O) groups is 1. The van der Waals surface area contributed by atoms with Crippen LogP contribution in [0.1, 0.15) is 32.6 Å². The van der Waals surface area contributed by atoms with Gasteiger partial charge < -0.3 is 9.47 Å². The first-order valence-electron chi connectivity index (χ1n) is 9.53. The van der Waals surface area contributed by atoms with Gasteiger partial charge in [0.1, 0.15) is 12.0 Å². The number of ether oxygens (including phenoxy) is 2. The molecule has 0 radical (unpaired) electrons. The van der Waals surface area contributed by atoms with E-state index in [-0.39, 0.29) is 34.6 Å². The summed E-state index contributed by atoms with van der Waals surface area (Å²) in [5.74, 6) is -0.803. The number of aryl methyl sites for hydroxylation is 2. The molecule has 3 aromatic rings. The molecule has 0 saturated carbocycles. The molecule has 0 unspecified atom stereocenters. The summed E-state index contributed by atoms with van der Waals surface area (Å²) >= 11 is 12.2. The van der Waals surface area contributed by atoms with Gasteiger partial charge in [-0.2, -0.15) is 0 Å². The van der Waals surface area contributed by atoms with Crippen LogP contribution in [0.5, 0.6) is 11.5 Å². The van der Waals surface area contributed by atoms with Gasteiger partial charge in [-0.15, -0.1) is 0 Å². The smallest absolute Gasteiger partial charge is 0.344 e. The molecular weight excluding hydrogens is 454 g/mol. The lowest BCUT2D eigenvalue weighted by molar-refractivity contribution is -0.134. The Hall–Kier alpha value is -3.22. The first-order valence-corrected chi connectivity index (χ1v) is 10.3. The normalized spacial score (nSPS) is 10.5. The molecule has 0 atom stereocenters. The second kappa shape index (κ2) is 9.94. The fourth-order valence-corrected chi connectivity index (χ4v) is 3.57. The quantitative estimate of drug-likeness (QED) is 0.296. The molecule has 0 saturated heterocycles. The van der Waals surface area contributed by atoms with E-state index in [1.54, 1.807) is 43.3 Å². The zero-order valence-corrected chi connectivity index (χ0v) is 18.9. The van der Waals surface area contributed by atoms with E-state index in [1.807, 2.05) is 6.92 Å². The molecule has 0 aliphatic rings. The highest BCUT2D eigenvalue weighted by Crippen LogP contribution is 2.35. The van der Waals surface area contributed by atoms with Crippen molar-refractivity contribution < 1.29 is 24.1 Å². The van der Waals surface area contributed by atoms with Crippen molar-refractivity contribution in [2.75, 3.05) is 0 Å². The number of nitrogens with two attached hydrogens (primary N) is 1. The number of aldehydes is 1. The summed E-state index contributed by atoms with van der Waals surface area (Å²) in [5, 5.41) is 14.6. The van der Waals surface area contributed by atoms with E-state index in [2.05, 4.69) is 0 Å². The van der Waals surface area contributed by atoms with E-state index >= 15 is 4.39 Å². The van der Waals surface area contributed by atoms with Crippen molar-refractivity contribution in [3.63, 3.8) is 0 Å². The van der Waals surface area contributed by atoms with E-state index in [0.717, 1.165) is 11.8 Å². The Balaban J connectivity index is 1.77. The topological polar surface area (TPSA) is 85.0 Å². The number of hydrogen-bond acceptors (Lipinski definition) is 4. The molecule has 0 aliphatic heterocycles. The Morgan fingerprint density at radius 2 is 1.88 bits per heavy atom. The summed E-state index contributed by atoms with van der Waals surface area (Å²) in [5.41, 5.74) is 2.66. The van der Waals surface area contributed by atoms with E-state index in [9.17, 15) is 4.79 Å². The van der Waals surface area contributed by atoms with Crippen molar-refractivity contribution in [1.29, 1.82) is 5.41 Å². The molecule has 0 amide bonds. The molecule has 0 fully saturated rings. The lowest BCUT2D eigenvalue weighted by Crippen LogP contribution is -2.44. The third-order valence-electron chi connectivity index (χ3n) is 4.59. The highest BCUT2D eigenvalue weighted by atomic mass is 35.5. The third kappa shape index (κ3) is 5.52. The number of hydrogen-bond donors (Lipinski definition) is 2. The number of halogens is 3. The van der Waals surface area contributed by atoms with Crippen LogP contribution in [0, 0.1) is 25.1 Å². The number of carbonyl (C=O) groups excluding carboxylic acids is 1. The molecule has 0 heterocycles. The predicted octanol–water partition coefficient (Wildman–Crippen LogP) is 5.10. The average molecular weight is 474 g/mol. The molecule has 3 rings (SSSR count). The molecule has 5 nitrogen and oxygen atoms in total. The van der Waals surface area contributed by atoms with E-state index in [1.165, 1.54) is 12.1 Å². The summed E-state index contributed by atoms with van der Waals surface area (Å²) in [6, 6.07) is 12.8. The van der Waals surface area contributed by atoms with Crippen LogP contribution in [0.4, 0.5) is 4.39 Å². The lowest BCUT2D eigenvalue weighted by Gasteiger charge is -2.13. The Morgan fingerprint density at radius 1 is 1.12 bits per heavy atom. The molecule has 0 aliphatic carbocycles. The van der Waals surface area contributed by atoms with Gasteiger partial charge in [0.05, 0.1) is 11.4 Å². The molecule has 0 spiro atoms. The Bertz CT molecular complexity index is 1210. The van der Waals surface area contributed by atoms with E-state index in [0.29, 0.717) is 27.5 Å².